The maximum Gasteiger partial charge on any atom is 0.164 e. The number of para-hydroxylation sites is 2. The second kappa shape index (κ2) is 7.10. The van der Waals surface area contributed by atoms with Crippen molar-refractivity contribution in [3.05, 3.63) is 59.3 Å². The van der Waals surface area contributed by atoms with Gasteiger partial charge in [-0.15, -0.1) is 0 Å². The molecule has 1 saturated carbocycles. The van der Waals surface area contributed by atoms with Gasteiger partial charge in [-0.2, -0.15) is 0 Å². The fraction of sp³-hybridized carbons (Fsp3) is 0.440. The van der Waals surface area contributed by atoms with Crippen LogP contribution in [0.2, 0.25) is 0 Å². The van der Waals surface area contributed by atoms with Crippen molar-refractivity contribution in [1.82, 2.24) is 4.98 Å². The number of ether oxygens (including phenoxy) is 2. The number of quaternary nitrogens is 1. The smallest absolute Gasteiger partial charge is 0.164 e. The molecule has 1 spiro atoms. The van der Waals surface area contributed by atoms with Crippen LogP contribution in [0.4, 0.5) is 0 Å². The highest BCUT2D eigenvalue weighted by atomic mass is 16.5. The Morgan fingerprint density at radius 3 is 2.72 bits per heavy atom. The van der Waals surface area contributed by atoms with Crippen molar-refractivity contribution < 1.29 is 14.8 Å². The standard InChI is InChI=1S/C25H30N2O2/c1-16-8-7-13-25(14-16)24-22(18-9-4-5-11-20(18)27-24)19(15-26-25)17-10-6-12-21(28-2)23(17)29-3/h4-6,9-12,16,19,26-27H,7-8,13-15H2,1-3H3/p+1/t16-,19+,25-/m1/s1. The van der Waals surface area contributed by atoms with Crippen molar-refractivity contribution in [2.45, 2.75) is 44.1 Å². The first kappa shape index (κ1) is 18.6. The van der Waals surface area contributed by atoms with Crippen LogP contribution in [0.25, 0.3) is 10.9 Å². The molecule has 0 amide bonds. The van der Waals surface area contributed by atoms with E-state index in [0.717, 1.165) is 24.0 Å². The third-order valence-electron chi connectivity index (χ3n) is 7.18. The van der Waals surface area contributed by atoms with E-state index in [1.165, 1.54) is 53.4 Å². The Morgan fingerprint density at radius 2 is 1.93 bits per heavy atom. The van der Waals surface area contributed by atoms with Gasteiger partial charge in [-0.1, -0.05) is 43.7 Å². The minimum absolute atomic E-state index is 0.175. The zero-order chi connectivity index (χ0) is 20.0. The molecule has 3 aromatic rings. The van der Waals surface area contributed by atoms with Crippen molar-refractivity contribution in [3.8, 4) is 11.5 Å². The number of aromatic amines is 1. The van der Waals surface area contributed by atoms with E-state index in [4.69, 9.17) is 9.47 Å². The molecule has 0 unspecified atom stereocenters. The van der Waals surface area contributed by atoms with Gasteiger partial charge in [-0.05, 0) is 24.5 Å². The quantitative estimate of drug-likeness (QED) is 0.699. The van der Waals surface area contributed by atoms with Crippen LogP contribution in [-0.2, 0) is 5.54 Å². The normalized spacial score (nSPS) is 26.4. The number of rotatable bonds is 3. The average molecular weight is 392 g/mol. The third kappa shape index (κ3) is 2.84. The van der Waals surface area contributed by atoms with Gasteiger partial charge in [0.15, 0.2) is 11.5 Å². The van der Waals surface area contributed by atoms with Gasteiger partial charge in [0.05, 0.1) is 32.4 Å². The molecule has 0 radical (unpaired) electrons. The van der Waals surface area contributed by atoms with Crippen molar-refractivity contribution in [2.24, 2.45) is 5.92 Å². The van der Waals surface area contributed by atoms with E-state index < -0.39 is 0 Å². The molecular formula is C25H31N2O2+. The minimum Gasteiger partial charge on any atom is -0.493 e. The highest BCUT2D eigenvalue weighted by molar-refractivity contribution is 5.86. The molecule has 4 nitrogen and oxygen atoms in total. The molecule has 2 heterocycles. The fourth-order valence-electron chi connectivity index (χ4n) is 5.95. The molecule has 3 atom stereocenters. The average Bonchev–Trinajstić information content (AvgIpc) is 3.15. The zero-order valence-corrected chi connectivity index (χ0v) is 17.6. The van der Waals surface area contributed by atoms with Gasteiger partial charge < -0.3 is 19.8 Å². The Balaban J connectivity index is 1.73. The molecule has 0 saturated heterocycles. The van der Waals surface area contributed by atoms with Crippen LogP contribution < -0.4 is 14.8 Å². The predicted octanol–water partition coefficient (Wildman–Crippen LogP) is 4.30. The lowest BCUT2D eigenvalue weighted by atomic mass is 9.69. The zero-order valence-electron chi connectivity index (χ0n) is 17.6. The van der Waals surface area contributed by atoms with Crippen LogP contribution >= 0.6 is 0 Å². The maximum absolute atomic E-state index is 5.83. The Labute approximate surface area is 172 Å². The SMILES string of the molecule is COc1cccc([C@@H]2C[NH2+][C@@]3(CCC[C@@H](C)C3)c3[nH]c4ccccc4c32)c1OC. The monoisotopic (exact) mass is 391 g/mol. The lowest BCUT2D eigenvalue weighted by molar-refractivity contribution is -0.746. The molecule has 29 heavy (non-hydrogen) atoms. The molecule has 1 aromatic heterocycles. The van der Waals surface area contributed by atoms with Crippen molar-refractivity contribution in [2.75, 3.05) is 20.8 Å². The molecule has 152 valence electrons. The first-order valence-corrected chi connectivity index (χ1v) is 10.8. The number of benzene rings is 2. The molecule has 2 aromatic carbocycles. The summed E-state index contributed by atoms with van der Waals surface area (Å²) >= 11 is 0. The summed E-state index contributed by atoms with van der Waals surface area (Å²) in [5, 5.41) is 3.97. The Kier molecular flexibility index (Phi) is 4.54. The summed E-state index contributed by atoms with van der Waals surface area (Å²) in [4.78, 5) is 3.86. The summed E-state index contributed by atoms with van der Waals surface area (Å²) in [6, 6.07) is 15.0. The number of H-pyrrole nitrogens is 1. The van der Waals surface area contributed by atoms with E-state index in [1.54, 1.807) is 14.2 Å². The second-order valence-corrected chi connectivity index (χ2v) is 8.89. The molecule has 5 rings (SSSR count). The summed E-state index contributed by atoms with van der Waals surface area (Å²) in [5.41, 5.74) is 5.54. The van der Waals surface area contributed by atoms with Gasteiger partial charge in [0.1, 0.15) is 5.54 Å². The van der Waals surface area contributed by atoms with Gasteiger partial charge >= 0.3 is 0 Å². The summed E-state index contributed by atoms with van der Waals surface area (Å²) in [5.74, 6) is 2.70. The number of fused-ring (bicyclic) bond motifs is 4. The third-order valence-corrected chi connectivity index (χ3v) is 7.18. The van der Waals surface area contributed by atoms with E-state index in [0.29, 0.717) is 0 Å². The highest BCUT2D eigenvalue weighted by Gasteiger charge is 2.48. The van der Waals surface area contributed by atoms with Crippen LogP contribution in [-0.4, -0.2) is 25.7 Å². The number of nitrogens with two attached hydrogens (primary N) is 1. The first-order chi connectivity index (χ1) is 14.2. The van der Waals surface area contributed by atoms with E-state index in [1.807, 2.05) is 6.07 Å². The van der Waals surface area contributed by atoms with Gasteiger partial charge in [-0.25, -0.2) is 0 Å². The molecule has 4 heteroatoms. The van der Waals surface area contributed by atoms with E-state index in [-0.39, 0.29) is 11.5 Å². The summed E-state index contributed by atoms with van der Waals surface area (Å²) in [6.07, 6.45) is 5.14. The van der Waals surface area contributed by atoms with Crippen LogP contribution in [0, 0.1) is 5.92 Å². The molecule has 1 aliphatic carbocycles. The Morgan fingerprint density at radius 1 is 1.07 bits per heavy atom. The van der Waals surface area contributed by atoms with Crippen molar-refractivity contribution in [1.29, 1.82) is 0 Å². The van der Waals surface area contributed by atoms with Gasteiger partial charge in [0.25, 0.3) is 0 Å². The van der Waals surface area contributed by atoms with Gasteiger partial charge in [-0.3, -0.25) is 0 Å². The van der Waals surface area contributed by atoms with Crippen LogP contribution in [0.3, 0.4) is 0 Å². The number of aromatic nitrogens is 1. The Bertz CT molecular complexity index is 1040. The molecule has 1 fully saturated rings. The molecule has 0 bridgehead atoms. The predicted molar refractivity (Wildman–Crippen MR) is 116 cm³/mol. The van der Waals surface area contributed by atoms with E-state index >= 15 is 0 Å². The lowest BCUT2D eigenvalue weighted by Crippen LogP contribution is -2.97. The topological polar surface area (TPSA) is 50.9 Å². The second-order valence-electron chi connectivity index (χ2n) is 8.89. The van der Waals surface area contributed by atoms with Crippen molar-refractivity contribution in [3.63, 3.8) is 0 Å². The summed E-state index contributed by atoms with van der Waals surface area (Å²) in [6.45, 7) is 3.44. The number of methoxy groups -OCH3 is 2. The van der Waals surface area contributed by atoms with Crippen LogP contribution in [0.5, 0.6) is 11.5 Å². The first-order valence-electron chi connectivity index (χ1n) is 10.8. The highest BCUT2D eigenvalue weighted by Crippen LogP contribution is 2.48. The molecule has 2 aliphatic rings. The number of nitrogens with one attached hydrogen (secondary N) is 1. The Hall–Kier alpha value is -2.46. The van der Waals surface area contributed by atoms with Crippen LogP contribution in [0.15, 0.2) is 42.5 Å². The maximum atomic E-state index is 5.83. The van der Waals surface area contributed by atoms with Crippen molar-refractivity contribution >= 4 is 10.9 Å². The van der Waals surface area contributed by atoms with Crippen LogP contribution in [0.1, 0.15) is 55.3 Å². The summed E-state index contributed by atoms with van der Waals surface area (Å²) < 4.78 is 11.4. The van der Waals surface area contributed by atoms with E-state index in [2.05, 4.69) is 53.6 Å². The van der Waals surface area contributed by atoms with E-state index in [9.17, 15) is 0 Å². The lowest BCUT2D eigenvalue weighted by Gasteiger charge is -2.42. The van der Waals surface area contributed by atoms with Gasteiger partial charge in [0.2, 0.25) is 0 Å². The minimum atomic E-state index is 0.175. The number of hydrogen-bond acceptors (Lipinski definition) is 2. The summed E-state index contributed by atoms with van der Waals surface area (Å²) in [7, 11) is 3.46. The molecular weight excluding hydrogens is 360 g/mol. The largest absolute Gasteiger partial charge is 0.493 e. The van der Waals surface area contributed by atoms with Gasteiger partial charge in [0, 0.05) is 34.9 Å². The molecule has 1 aliphatic heterocycles. The molecule has 3 N–H and O–H groups in total. The fourth-order valence-corrected chi connectivity index (χ4v) is 5.95. The number of hydrogen-bond donors (Lipinski definition) is 2.